The Balaban J connectivity index is 1.56. The fourth-order valence-electron chi connectivity index (χ4n) is 8.92. The third-order valence-electron chi connectivity index (χ3n) is 11.5. The molecule has 0 aromatic rings. The molecule has 2 heterocycles. The van der Waals surface area contributed by atoms with E-state index in [1.807, 2.05) is 26.8 Å². The van der Waals surface area contributed by atoms with E-state index in [0.29, 0.717) is 19.3 Å². The van der Waals surface area contributed by atoms with Crippen molar-refractivity contribution >= 4 is 11.6 Å². The van der Waals surface area contributed by atoms with E-state index in [4.69, 9.17) is 9.47 Å². The Hall–Kier alpha value is -1.34. The van der Waals surface area contributed by atoms with Gasteiger partial charge in [0.25, 0.3) is 0 Å². The summed E-state index contributed by atoms with van der Waals surface area (Å²) in [5.74, 6) is -1.68. The molecule has 0 aromatic carbocycles. The van der Waals surface area contributed by atoms with Gasteiger partial charge in [-0.2, -0.15) is 0 Å². The molecule has 186 valence electrons. The summed E-state index contributed by atoms with van der Waals surface area (Å²) in [6.07, 6.45) is 4.90. The van der Waals surface area contributed by atoms with Crippen LogP contribution in [-0.4, -0.2) is 51.0 Å². The van der Waals surface area contributed by atoms with Crippen LogP contribution >= 0.6 is 0 Å². The maximum atomic E-state index is 13.5. The van der Waals surface area contributed by atoms with Gasteiger partial charge in [0.05, 0.1) is 11.7 Å². The summed E-state index contributed by atoms with van der Waals surface area (Å²) in [6.45, 7) is 12.2. The normalized spacial score (nSPS) is 55.4. The molecule has 4 fully saturated rings. The van der Waals surface area contributed by atoms with Crippen LogP contribution in [0.3, 0.4) is 0 Å². The van der Waals surface area contributed by atoms with Crippen LogP contribution in [0, 0.1) is 34.5 Å². The average molecular weight is 471 g/mol. The third-order valence-corrected chi connectivity index (χ3v) is 11.5. The number of Topliss-reactive ketones (excluding diaryl/α,β-unsaturated/α-hetero) is 1. The van der Waals surface area contributed by atoms with Gasteiger partial charge in [-0.3, -0.25) is 9.59 Å². The zero-order valence-corrected chi connectivity index (χ0v) is 21.2. The molecule has 2 bridgehead atoms. The predicted octanol–water partition coefficient (Wildman–Crippen LogP) is 3.50. The van der Waals surface area contributed by atoms with Gasteiger partial charge in [0.2, 0.25) is 0 Å². The smallest absolute Gasteiger partial charge is 0.199 e. The topological polar surface area (TPSA) is 93.1 Å². The van der Waals surface area contributed by atoms with Gasteiger partial charge in [0, 0.05) is 41.4 Å². The van der Waals surface area contributed by atoms with Crippen LogP contribution in [0.4, 0.5) is 0 Å². The second kappa shape index (κ2) is 6.50. The lowest BCUT2D eigenvalue weighted by Gasteiger charge is -2.64. The standard InChI is InChI=1S/C28H38O6/c1-14-17-8-10-27(34-28(14)23(32)15(2)24(3,4)33-28)19-12-21(30)20-11-16(29)7-9-25(20,5)18(19)13-22(31)26(17,27)6/h12-15,17,20,22-23,31-32H,7-11H2,1-6H3/t14-,15-,17-,20?,22?,23+,25?,26-,27+,28-/m0/s1. The van der Waals surface area contributed by atoms with Crippen LogP contribution in [0.15, 0.2) is 23.3 Å². The number of hydrogen-bond donors (Lipinski definition) is 2. The lowest BCUT2D eigenvalue weighted by Crippen LogP contribution is -2.71. The Kier molecular flexibility index (Phi) is 4.41. The zero-order valence-electron chi connectivity index (χ0n) is 21.2. The molecule has 0 amide bonds. The van der Waals surface area contributed by atoms with Gasteiger partial charge in [-0.05, 0) is 56.3 Å². The number of rotatable bonds is 0. The largest absolute Gasteiger partial charge is 0.388 e. The fourth-order valence-corrected chi connectivity index (χ4v) is 8.92. The molecule has 0 aromatic heterocycles. The highest BCUT2D eigenvalue weighted by Gasteiger charge is 2.78. The van der Waals surface area contributed by atoms with E-state index in [0.717, 1.165) is 17.6 Å². The monoisotopic (exact) mass is 470 g/mol. The molecule has 0 radical (unpaired) electrons. The van der Waals surface area contributed by atoms with Gasteiger partial charge in [-0.15, -0.1) is 0 Å². The highest BCUT2D eigenvalue weighted by molar-refractivity contribution is 6.00. The zero-order chi connectivity index (χ0) is 24.6. The molecular formula is C28H38O6. The summed E-state index contributed by atoms with van der Waals surface area (Å²) in [6, 6.07) is 0. The van der Waals surface area contributed by atoms with Gasteiger partial charge in [0.1, 0.15) is 17.5 Å². The SMILES string of the molecule is C[C@H]1[C@@H](O)[C@@]2(OC1(C)C)O[C@@]13CC[C@@H]([C@@H]2C)[C@@]1(C)C(O)C=C1C3=CC(=O)C2CC(=O)CCC12C. The van der Waals surface area contributed by atoms with Gasteiger partial charge < -0.3 is 19.7 Å². The number of aliphatic hydroxyl groups excluding tert-OH is 2. The lowest BCUT2D eigenvalue weighted by atomic mass is 9.48. The van der Waals surface area contributed by atoms with Crippen molar-refractivity contribution in [2.75, 3.05) is 0 Å². The Morgan fingerprint density at radius 2 is 1.68 bits per heavy atom. The van der Waals surface area contributed by atoms with Crippen LogP contribution in [0.2, 0.25) is 0 Å². The lowest BCUT2D eigenvalue weighted by molar-refractivity contribution is -0.382. The third kappa shape index (κ3) is 2.33. The second-order valence-electron chi connectivity index (χ2n) is 13.0. The number of allylic oxidation sites excluding steroid dienone is 1. The van der Waals surface area contributed by atoms with Crippen molar-refractivity contribution < 1.29 is 29.3 Å². The number of ether oxygens (including phenoxy) is 2. The first-order chi connectivity index (χ1) is 15.7. The van der Waals surface area contributed by atoms with Crippen LogP contribution < -0.4 is 0 Å². The Bertz CT molecular complexity index is 1060. The van der Waals surface area contributed by atoms with Crippen LogP contribution in [-0.2, 0) is 19.1 Å². The molecular weight excluding hydrogens is 432 g/mol. The average Bonchev–Trinajstić information content (AvgIpc) is 3.10. The molecule has 4 aliphatic carbocycles. The molecule has 3 unspecified atom stereocenters. The maximum absolute atomic E-state index is 13.5. The Labute approximate surface area is 201 Å². The number of carbonyl (C=O) groups excluding carboxylic acids is 2. The van der Waals surface area contributed by atoms with Gasteiger partial charge >= 0.3 is 0 Å². The molecule has 6 aliphatic rings. The molecule has 1 spiro atoms. The highest BCUT2D eigenvalue weighted by atomic mass is 16.7. The van der Waals surface area contributed by atoms with Gasteiger partial charge in [-0.25, -0.2) is 0 Å². The molecule has 2 aliphatic heterocycles. The number of aliphatic hydroxyl groups is 2. The van der Waals surface area contributed by atoms with Crippen molar-refractivity contribution in [3.63, 3.8) is 0 Å². The summed E-state index contributed by atoms with van der Waals surface area (Å²) in [5, 5.41) is 23.3. The fraction of sp³-hybridized carbons (Fsp3) is 0.786. The van der Waals surface area contributed by atoms with E-state index in [1.165, 1.54) is 0 Å². The summed E-state index contributed by atoms with van der Waals surface area (Å²) in [4.78, 5) is 25.8. The summed E-state index contributed by atoms with van der Waals surface area (Å²) < 4.78 is 13.8. The number of fused-ring (bicyclic) bond motifs is 3. The minimum absolute atomic E-state index is 0.0166. The number of carbonyl (C=O) groups is 2. The first-order valence-corrected chi connectivity index (χ1v) is 13.0. The van der Waals surface area contributed by atoms with E-state index in [2.05, 4.69) is 20.8 Å². The minimum Gasteiger partial charge on any atom is -0.388 e. The number of ketones is 2. The van der Waals surface area contributed by atoms with Crippen molar-refractivity contribution in [1.82, 2.24) is 0 Å². The molecule has 2 saturated heterocycles. The van der Waals surface area contributed by atoms with E-state index in [-0.39, 0.29) is 35.7 Å². The molecule has 2 saturated carbocycles. The van der Waals surface area contributed by atoms with E-state index in [9.17, 15) is 19.8 Å². The maximum Gasteiger partial charge on any atom is 0.199 e. The van der Waals surface area contributed by atoms with Crippen molar-refractivity contribution in [1.29, 1.82) is 0 Å². The summed E-state index contributed by atoms with van der Waals surface area (Å²) >= 11 is 0. The van der Waals surface area contributed by atoms with E-state index < -0.39 is 45.9 Å². The van der Waals surface area contributed by atoms with Crippen LogP contribution in [0.5, 0.6) is 0 Å². The summed E-state index contributed by atoms with van der Waals surface area (Å²) in [7, 11) is 0. The van der Waals surface area contributed by atoms with E-state index >= 15 is 0 Å². The highest BCUT2D eigenvalue weighted by Crippen LogP contribution is 2.73. The molecule has 10 atom stereocenters. The molecule has 6 nitrogen and oxygen atoms in total. The number of hydrogen-bond acceptors (Lipinski definition) is 6. The van der Waals surface area contributed by atoms with E-state index in [1.54, 1.807) is 6.08 Å². The predicted molar refractivity (Wildman–Crippen MR) is 125 cm³/mol. The molecule has 2 N–H and O–H groups in total. The van der Waals surface area contributed by atoms with Crippen molar-refractivity contribution in [2.45, 2.75) is 103 Å². The molecule has 34 heavy (non-hydrogen) atoms. The Morgan fingerprint density at radius 1 is 0.971 bits per heavy atom. The van der Waals surface area contributed by atoms with Crippen molar-refractivity contribution in [3.8, 4) is 0 Å². The molecule has 6 rings (SSSR count). The first kappa shape index (κ1) is 23.1. The van der Waals surface area contributed by atoms with Crippen molar-refractivity contribution in [2.24, 2.45) is 34.5 Å². The van der Waals surface area contributed by atoms with Crippen LogP contribution in [0.25, 0.3) is 0 Å². The minimum atomic E-state index is -1.20. The Morgan fingerprint density at radius 3 is 2.32 bits per heavy atom. The first-order valence-electron chi connectivity index (χ1n) is 13.0. The quantitative estimate of drug-likeness (QED) is 0.563. The van der Waals surface area contributed by atoms with Crippen LogP contribution in [0.1, 0.15) is 73.6 Å². The second-order valence-corrected chi connectivity index (χ2v) is 13.0. The van der Waals surface area contributed by atoms with Gasteiger partial charge in [-0.1, -0.05) is 33.8 Å². The summed E-state index contributed by atoms with van der Waals surface area (Å²) in [5.41, 5.74) is -0.841. The molecule has 6 heteroatoms. The van der Waals surface area contributed by atoms with Gasteiger partial charge in [0.15, 0.2) is 11.6 Å². The van der Waals surface area contributed by atoms with Crippen molar-refractivity contribution in [3.05, 3.63) is 23.3 Å².